The molecule has 0 unspecified atom stereocenters. The third kappa shape index (κ3) is 6.22. The molecule has 0 fully saturated rings. The summed E-state index contributed by atoms with van der Waals surface area (Å²) in [7, 11) is 0. The van der Waals surface area contributed by atoms with Gasteiger partial charge in [-0.15, -0.1) is 0 Å². The number of esters is 1. The van der Waals surface area contributed by atoms with Crippen molar-refractivity contribution in [2.24, 2.45) is 0 Å². The molecular weight excluding hydrogens is 236 g/mol. The van der Waals surface area contributed by atoms with Crippen molar-refractivity contribution in [3.8, 4) is 0 Å². The standard InChI is InChI=1S/C17H18O2/c1-3-4-8-14-19-17(18)15(2)10-9-13-16-11-6-5-7-12-16/h3-13H,1,14H2,2H3. The van der Waals surface area contributed by atoms with Crippen LogP contribution in [0.15, 0.2) is 72.9 Å². The number of hydrogen-bond donors (Lipinski definition) is 0. The lowest BCUT2D eigenvalue weighted by Crippen LogP contribution is -2.05. The zero-order chi connectivity index (χ0) is 13.9. The Morgan fingerprint density at radius 1 is 1.26 bits per heavy atom. The quantitative estimate of drug-likeness (QED) is 0.437. The van der Waals surface area contributed by atoms with Crippen LogP contribution in [0.25, 0.3) is 6.08 Å². The van der Waals surface area contributed by atoms with Crippen LogP contribution >= 0.6 is 0 Å². The van der Waals surface area contributed by atoms with E-state index >= 15 is 0 Å². The van der Waals surface area contributed by atoms with Crippen molar-refractivity contribution in [3.63, 3.8) is 0 Å². The van der Waals surface area contributed by atoms with Gasteiger partial charge in [-0.05, 0) is 18.6 Å². The van der Waals surface area contributed by atoms with Crippen LogP contribution in [0.1, 0.15) is 12.5 Å². The van der Waals surface area contributed by atoms with Crippen LogP contribution < -0.4 is 0 Å². The van der Waals surface area contributed by atoms with Gasteiger partial charge < -0.3 is 4.74 Å². The SMILES string of the molecule is C=CC=CCOC(=O)C(C)=CC=Cc1ccccc1. The molecule has 0 atom stereocenters. The van der Waals surface area contributed by atoms with Crippen molar-refractivity contribution >= 4 is 12.0 Å². The van der Waals surface area contributed by atoms with Gasteiger partial charge in [0, 0.05) is 5.57 Å². The van der Waals surface area contributed by atoms with E-state index in [1.54, 1.807) is 31.2 Å². The molecule has 0 saturated carbocycles. The van der Waals surface area contributed by atoms with E-state index in [9.17, 15) is 4.79 Å². The molecule has 0 saturated heterocycles. The molecule has 0 bridgehead atoms. The van der Waals surface area contributed by atoms with Crippen LogP contribution in [0, 0.1) is 0 Å². The molecule has 2 nitrogen and oxygen atoms in total. The van der Waals surface area contributed by atoms with Crippen LogP contribution in [0.3, 0.4) is 0 Å². The van der Waals surface area contributed by atoms with Gasteiger partial charge in [-0.25, -0.2) is 4.79 Å². The number of allylic oxidation sites excluding steroid dienone is 4. The van der Waals surface area contributed by atoms with E-state index < -0.39 is 0 Å². The molecule has 0 aliphatic heterocycles. The average molecular weight is 254 g/mol. The Labute approximate surface area is 114 Å². The first-order valence-corrected chi connectivity index (χ1v) is 6.08. The highest BCUT2D eigenvalue weighted by Gasteiger charge is 2.02. The molecular formula is C17H18O2. The van der Waals surface area contributed by atoms with E-state index in [1.165, 1.54) is 0 Å². The number of rotatable bonds is 6. The summed E-state index contributed by atoms with van der Waals surface area (Å²) in [6, 6.07) is 9.90. The van der Waals surface area contributed by atoms with E-state index in [4.69, 9.17) is 4.74 Å². The van der Waals surface area contributed by atoms with Gasteiger partial charge in [0.1, 0.15) is 6.61 Å². The number of benzene rings is 1. The van der Waals surface area contributed by atoms with Crippen molar-refractivity contribution in [2.75, 3.05) is 6.61 Å². The van der Waals surface area contributed by atoms with Gasteiger partial charge in [-0.1, -0.05) is 67.3 Å². The van der Waals surface area contributed by atoms with Crippen LogP contribution in [0.4, 0.5) is 0 Å². The first-order chi connectivity index (χ1) is 9.24. The summed E-state index contributed by atoms with van der Waals surface area (Å²) in [5.41, 5.74) is 1.66. The maximum atomic E-state index is 11.6. The van der Waals surface area contributed by atoms with Gasteiger partial charge in [0.15, 0.2) is 0 Å². The minimum absolute atomic E-state index is 0.262. The molecule has 0 aliphatic rings. The van der Waals surface area contributed by atoms with E-state index in [-0.39, 0.29) is 12.6 Å². The highest BCUT2D eigenvalue weighted by molar-refractivity contribution is 5.88. The number of carbonyl (C=O) groups is 1. The van der Waals surface area contributed by atoms with Crippen molar-refractivity contribution < 1.29 is 9.53 Å². The second-order valence-corrected chi connectivity index (χ2v) is 3.88. The predicted octanol–water partition coefficient (Wildman–Crippen LogP) is 3.93. The summed E-state index contributed by atoms with van der Waals surface area (Å²) in [6.45, 7) is 5.53. The molecule has 0 heterocycles. The van der Waals surface area contributed by atoms with Crippen LogP contribution in [-0.4, -0.2) is 12.6 Å². The zero-order valence-electron chi connectivity index (χ0n) is 11.1. The number of hydrogen-bond acceptors (Lipinski definition) is 2. The molecule has 1 aromatic carbocycles. The minimum Gasteiger partial charge on any atom is -0.458 e. The third-order valence-electron chi connectivity index (χ3n) is 2.34. The Bertz CT molecular complexity index is 493. The molecule has 0 aliphatic carbocycles. The first-order valence-electron chi connectivity index (χ1n) is 6.08. The minimum atomic E-state index is -0.313. The lowest BCUT2D eigenvalue weighted by atomic mass is 10.2. The van der Waals surface area contributed by atoms with Gasteiger partial charge in [0.25, 0.3) is 0 Å². The van der Waals surface area contributed by atoms with E-state index in [0.29, 0.717) is 5.57 Å². The molecule has 1 aromatic rings. The summed E-state index contributed by atoms with van der Waals surface area (Å²) >= 11 is 0. The van der Waals surface area contributed by atoms with Crippen LogP contribution in [0.5, 0.6) is 0 Å². The number of ether oxygens (including phenoxy) is 1. The van der Waals surface area contributed by atoms with Gasteiger partial charge in [-0.3, -0.25) is 0 Å². The van der Waals surface area contributed by atoms with E-state index in [1.807, 2.05) is 42.5 Å². The van der Waals surface area contributed by atoms with Crippen LogP contribution in [0.2, 0.25) is 0 Å². The Hall–Kier alpha value is -2.35. The third-order valence-corrected chi connectivity index (χ3v) is 2.34. The maximum Gasteiger partial charge on any atom is 0.334 e. The predicted molar refractivity (Wildman–Crippen MR) is 79.5 cm³/mol. The zero-order valence-corrected chi connectivity index (χ0v) is 11.1. The summed E-state index contributed by atoms with van der Waals surface area (Å²) in [5, 5.41) is 0. The van der Waals surface area contributed by atoms with Gasteiger partial charge in [-0.2, -0.15) is 0 Å². The van der Waals surface area contributed by atoms with Crippen molar-refractivity contribution in [1.82, 2.24) is 0 Å². The summed E-state index contributed by atoms with van der Waals surface area (Å²) < 4.78 is 5.03. The lowest BCUT2D eigenvalue weighted by Gasteiger charge is -2.00. The van der Waals surface area contributed by atoms with Crippen molar-refractivity contribution in [3.05, 3.63) is 78.4 Å². The second kappa shape index (κ2) is 8.70. The molecule has 19 heavy (non-hydrogen) atoms. The van der Waals surface area contributed by atoms with Crippen molar-refractivity contribution in [1.29, 1.82) is 0 Å². The second-order valence-electron chi connectivity index (χ2n) is 3.88. The Kier molecular flexibility index (Phi) is 6.73. The Balaban J connectivity index is 2.47. The smallest absolute Gasteiger partial charge is 0.334 e. The highest BCUT2D eigenvalue weighted by Crippen LogP contribution is 2.03. The molecule has 2 heteroatoms. The van der Waals surface area contributed by atoms with Gasteiger partial charge >= 0.3 is 5.97 Å². The monoisotopic (exact) mass is 254 g/mol. The number of carbonyl (C=O) groups excluding carboxylic acids is 1. The largest absolute Gasteiger partial charge is 0.458 e. The van der Waals surface area contributed by atoms with E-state index in [2.05, 4.69) is 6.58 Å². The van der Waals surface area contributed by atoms with Crippen LogP contribution in [-0.2, 0) is 9.53 Å². The van der Waals surface area contributed by atoms with Gasteiger partial charge in [0.2, 0.25) is 0 Å². The molecule has 0 amide bonds. The molecule has 1 rings (SSSR count). The normalized spacial score (nSPS) is 11.9. The molecule has 0 N–H and O–H groups in total. The summed E-state index contributed by atoms with van der Waals surface area (Å²) in [4.78, 5) is 11.6. The lowest BCUT2D eigenvalue weighted by molar-refractivity contribution is -0.137. The topological polar surface area (TPSA) is 26.3 Å². The highest BCUT2D eigenvalue weighted by atomic mass is 16.5. The van der Waals surface area contributed by atoms with E-state index in [0.717, 1.165) is 5.56 Å². The van der Waals surface area contributed by atoms with Gasteiger partial charge in [0.05, 0.1) is 0 Å². The Morgan fingerprint density at radius 3 is 2.68 bits per heavy atom. The molecule has 0 aromatic heterocycles. The Morgan fingerprint density at radius 2 is 2.00 bits per heavy atom. The first kappa shape index (κ1) is 14.7. The fourth-order valence-corrected chi connectivity index (χ4v) is 1.33. The molecule has 98 valence electrons. The fraction of sp³-hybridized carbons (Fsp3) is 0.118. The van der Waals surface area contributed by atoms with Crippen molar-refractivity contribution in [2.45, 2.75) is 6.92 Å². The molecule has 0 radical (unpaired) electrons. The summed E-state index contributed by atoms with van der Waals surface area (Å²) in [5.74, 6) is -0.313. The maximum absolute atomic E-state index is 11.6. The summed E-state index contributed by atoms with van der Waals surface area (Å²) in [6.07, 6.45) is 10.6. The fourth-order valence-electron chi connectivity index (χ4n) is 1.33. The average Bonchev–Trinajstić information content (AvgIpc) is 2.44. The molecule has 0 spiro atoms.